The normalized spacial score (nSPS) is 23.5. The molecule has 142 valence electrons. The number of carbonyl (C=O) groups excluding carboxylic acids is 2. The molecule has 0 bridgehead atoms. The van der Waals surface area contributed by atoms with Gasteiger partial charge in [-0.2, -0.15) is 0 Å². The summed E-state index contributed by atoms with van der Waals surface area (Å²) in [6, 6.07) is 8.99. The molecule has 0 unspecified atom stereocenters. The number of rotatable bonds is 6. The number of carbonyl (C=O) groups is 2. The highest BCUT2D eigenvalue weighted by Crippen LogP contribution is 2.46. The van der Waals surface area contributed by atoms with Crippen LogP contribution in [0.2, 0.25) is 0 Å². The Kier molecular flexibility index (Phi) is 4.70. The lowest BCUT2D eigenvalue weighted by Gasteiger charge is -2.32. The average molecular weight is 368 g/mol. The lowest BCUT2D eigenvalue weighted by atomic mass is 9.99. The van der Waals surface area contributed by atoms with E-state index in [4.69, 9.17) is 4.74 Å². The molecule has 1 aliphatic carbocycles. The Morgan fingerprint density at radius 2 is 2.15 bits per heavy atom. The van der Waals surface area contributed by atoms with E-state index in [1.807, 2.05) is 43.5 Å². The van der Waals surface area contributed by atoms with Crippen LogP contribution in [-0.4, -0.2) is 40.6 Å². The molecule has 2 heterocycles. The molecule has 1 saturated heterocycles. The molecule has 1 aromatic heterocycles. The number of nitrogens with one attached hydrogen (secondary N) is 2. The predicted molar refractivity (Wildman–Crippen MR) is 98.7 cm³/mol. The maximum atomic E-state index is 12.8. The number of aromatic nitrogens is 2. The third-order valence-corrected chi connectivity index (χ3v) is 5.45. The zero-order valence-corrected chi connectivity index (χ0v) is 15.4. The second kappa shape index (κ2) is 7.15. The van der Waals surface area contributed by atoms with Crippen molar-refractivity contribution in [2.45, 2.75) is 38.5 Å². The highest BCUT2D eigenvalue weighted by atomic mass is 16.5. The van der Waals surface area contributed by atoms with Crippen molar-refractivity contribution in [2.75, 3.05) is 13.2 Å². The van der Waals surface area contributed by atoms with Gasteiger partial charge >= 0.3 is 0 Å². The second-order valence-corrected chi connectivity index (χ2v) is 7.51. The standard InChI is InChI=1S/C20H24N4O3/c1-14-21-9-10-24(14)13-20(7-8-20)12-22-19(26)18-17(23-16(25)11-27-18)15-5-3-2-4-6-15/h2-6,9-10,17-18H,7-8,11-13H2,1H3,(H,22,26)(H,23,25)/t17-,18+/m1/s1. The first-order chi connectivity index (χ1) is 13.1. The van der Waals surface area contributed by atoms with Gasteiger partial charge in [0.1, 0.15) is 12.4 Å². The first-order valence-electron chi connectivity index (χ1n) is 9.28. The first kappa shape index (κ1) is 17.7. The average Bonchev–Trinajstić information content (AvgIpc) is 3.34. The summed E-state index contributed by atoms with van der Waals surface area (Å²) < 4.78 is 7.72. The van der Waals surface area contributed by atoms with E-state index in [1.54, 1.807) is 6.20 Å². The van der Waals surface area contributed by atoms with E-state index in [2.05, 4.69) is 20.2 Å². The maximum Gasteiger partial charge on any atom is 0.251 e. The smallest absolute Gasteiger partial charge is 0.251 e. The van der Waals surface area contributed by atoms with Crippen molar-refractivity contribution in [3.05, 3.63) is 54.1 Å². The van der Waals surface area contributed by atoms with E-state index in [0.717, 1.165) is 30.8 Å². The van der Waals surface area contributed by atoms with Gasteiger partial charge in [0.2, 0.25) is 5.91 Å². The zero-order valence-electron chi connectivity index (χ0n) is 15.4. The Bertz CT molecular complexity index is 829. The molecule has 2 atom stereocenters. The zero-order chi connectivity index (χ0) is 18.9. The Hall–Kier alpha value is -2.67. The monoisotopic (exact) mass is 368 g/mol. The lowest BCUT2D eigenvalue weighted by molar-refractivity contribution is -0.148. The molecule has 2 amide bonds. The number of imidazole rings is 1. The van der Waals surface area contributed by atoms with Crippen LogP contribution in [0.4, 0.5) is 0 Å². The van der Waals surface area contributed by atoms with E-state index in [-0.39, 0.29) is 23.8 Å². The fraction of sp³-hybridized carbons (Fsp3) is 0.450. The van der Waals surface area contributed by atoms with Gasteiger partial charge < -0.3 is 19.9 Å². The van der Waals surface area contributed by atoms with Gasteiger partial charge in [-0.25, -0.2) is 4.98 Å². The van der Waals surface area contributed by atoms with E-state index >= 15 is 0 Å². The van der Waals surface area contributed by atoms with Crippen LogP contribution in [0.15, 0.2) is 42.7 Å². The summed E-state index contributed by atoms with van der Waals surface area (Å²) in [7, 11) is 0. The van der Waals surface area contributed by atoms with Crippen LogP contribution in [-0.2, 0) is 20.9 Å². The minimum absolute atomic E-state index is 0.0846. The second-order valence-electron chi connectivity index (χ2n) is 7.51. The molecule has 1 aliphatic heterocycles. The summed E-state index contributed by atoms with van der Waals surface area (Å²) in [6.07, 6.45) is 5.20. The van der Waals surface area contributed by atoms with Gasteiger partial charge in [0.15, 0.2) is 6.10 Å². The van der Waals surface area contributed by atoms with Crippen LogP contribution in [0.3, 0.4) is 0 Å². The molecular formula is C20H24N4O3. The third kappa shape index (κ3) is 3.88. The van der Waals surface area contributed by atoms with Crippen molar-refractivity contribution in [3.8, 4) is 0 Å². The molecule has 4 rings (SSSR count). The minimum atomic E-state index is -0.726. The van der Waals surface area contributed by atoms with Gasteiger partial charge in [0.05, 0.1) is 6.04 Å². The number of ether oxygens (including phenoxy) is 1. The Labute approximate surface area is 158 Å². The van der Waals surface area contributed by atoms with E-state index in [9.17, 15) is 9.59 Å². The highest BCUT2D eigenvalue weighted by molar-refractivity contribution is 5.86. The van der Waals surface area contributed by atoms with Gasteiger partial charge in [0, 0.05) is 30.9 Å². The molecule has 27 heavy (non-hydrogen) atoms. The van der Waals surface area contributed by atoms with E-state index in [1.165, 1.54) is 0 Å². The number of aryl methyl sites for hydroxylation is 1. The van der Waals surface area contributed by atoms with Gasteiger partial charge in [-0.05, 0) is 25.3 Å². The Balaban J connectivity index is 1.41. The molecule has 2 aliphatic rings. The number of hydrogen-bond acceptors (Lipinski definition) is 4. The molecule has 1 saturated carbocycles. The van der Waals surface area contributed by atoms with Crippen molar-refractivity contribution in [2.24, 2.45) is 5.41 Å². The molecule has 0 radical (unpaired) electrons. The van der Waals surface area contributed by atoms with Crippen LogP contribution in [0, 0.1) is 12.3 Å². The molecule has 2 N–H and O–H groups in total. The van der Waals surface area contributed by atoms with Crippen molar-refractivity contribution in [3.63, 3.8) is 0 Å². The fourth-order valence-electron chi connectivity index (χ4n) is 3.57. The number of morpholine rings is 1. The number of nitrogens with zero attached hydrogens (tertiary/aromatic N) is 2. The van der Waals surface area contributed by atoms with Crippen LogP contribution in [0.25, 0.3) is 0 Å². The summed E-state index contributed by atoms with van der Waals surface area (Å²) in [6.45, 7) is 3.33. The predicted octanol–water partition coefficient (Wildman–Crippen LogP) is 1.34. The van der Waals surface area contributed by atoms with Crippen molar-refractivity contribution >= 4 is 11.8 Å². The summed E-state index contributed by atoms with van der Waals surface area (Å²) in [5.41, 5.74) is 0.947. The maximum absolute atomic E-state index is 12.8. The SMILES string of the molecule is Cc1nccn1CC1(CNC(=O)[C@H]2OCC(=O)N[C@@H]2c2ccccc2)CC1. The summed E-state index contributed by atoms with van der Waals surface area (Å²) >= 11 is 0. The van der Waals surface area contributed by atoms with Gasteiger partial charge in [0.25, 0.3) is 5.91 Å². The van der Waals surface area contributed by atoms with Crippen LogP contribution in [0.1, 0.15) is 30.3 Å². The van der Waals surface area contributed by atoms with Crippen molar-refractivity contribution < 1.29 is 14.3 Å². The Morgan fingerprint density at radius 3 is 2.81 bits per heavy atom. The summed E-state index contributed by atoms with van der Waals surface area (Å²) in [5, 5.41) is 5.94. The van der Waals surface area contributed by atoms with Crippen LogP contribution in [0.5, 0.6) is 0 Å². The molecular weight excluding hydrogens is 344 g/mol. The number of benzene rings is 1. The fourth-order valence-corrected chi connectivity index (χ4v) is 3.57. The first-order valence-corrected chi connectivity index (χ1v) is 9.28. The topological polar surface area (TPSA) is 85.2 Å². The minimum Gasteiger partial charge on any atom is -0.356 e. The summed E-state index contributed by atoms with van der Waals surface area (Å²) in [5.74, 6) is 0.592. The molecule has 7 nitrogen and oxygen atoms in total. The van der Waals surface area contributed by atoms with Gasteiger partial charge in [-0.1, -0.05) is 30.3 Å². The largest absolute Gasteiger partial charge is 0.356 e. The van der Waals surface area contributed by atoms with E-state index in [0.29, 0.717) is 6.54 Å². The van der Waals surface area contributed by atoms with Crippen molar-refractivity contribution in [1.82, 2.24) is 20.2 Å². The molecule has 7 heteroatoms. The lowest BCUT2D eigenvalue weighted by Crippen LogP contribution is -2.53. The number of hydrogen-bond donors (Lipinski definition) is 2. The Morgan fingerprint density at radius 1 is 1.37 bits per heavy atom. The van der Waals surface area contributed by atoms with Gasteiger partial charge in [-0.15, -0.1) is 0 Å². The molecule has 1 aromatic carbocycles. The highest BCUT2D eigenvalue weighted by Gasteiger charge is 2.44. The van der Waals surface area contributed by atoms with Crippen LogP contribution >= 0.6 is 0 Å². The molecule has 2 aromatic rings. The quantitative estimate of drug-likeness (QED) is 0.806. The summed E-state index contributed by atoms with van der Waals surface area (Å²) in [4.78, 5) is 28.9. The molecule has 2 fully saturated rings. The molecule has 0 spiro atoms. The van der Waals surface area contributed by atoms with E-state index < -0.39 is 12.1 Å². The third-order valence-electron chi connectivity index (χ3n) is 5.45. The van der Waals surface area contributed by atoms with Crippen molar-refractivity contribution in [1.29, 1.82) is 0 Å². The van der Waals surface area contributed by atoms with Crippen LogP contribution < -0.4 is 10.6 Å². The van der Waals surface area contributed by atoms with Gasteiger partial charge in [-0.3, -0.25) is 9.59 Å². The number of amides is 2.